The van der Waals surface area contributed by atoms with E-state index in [1.165, 1.54) is 23.1 Å². The molecular weight excluding hydrogens is 320 g/mol. The molecule has 7 heteroatoms. The monoisotopic (exact) mass is 336 g/mol. The summed E-state index contributed by atoms with van der Waals surface area (Å²) in [6, 6.07) is 9.08. The van der Waals surface area contributed by atoms with E-state index in [0.717, 1.165) is 10.6 Å². The number of ether oxygens (including phenoxy) is 1. The Hall–Kier alpha value is -1.99. The molecule has 0 unspecified atom stereocenters. The molecule has 0 saturated heterocycles. The second-order valence-electron chi connectivity index (χ2n) is 4.45. The number of thiophene rings is 1. The van der Waals surface area contributed by atoms with Crippen molar-refractivity contribution in [1.82, 2.24) is 0 Å². The number of primary amides is 1. The van der Waals surface area contributed by atoms with E-state index in [9.17, 15) is 9.59 Å². The van der Waals surface area contributed by atoms with Gasteiger partial charge in [0, 0.05) is 4.90 Å². The van der Waals surface area contributed by atoms with Crippen molar-refractivity contribution >= 4 is 39.9 Å². The molecule has 0 radical (unpaired) electrons. The maximum atomic E-state index is 12.2. The topological polar surface area (TPSA) is 81.4 Å². The van der Waals surface area contributed by atoms with Crippen molar-refractivity contribution in [2.45, 2.75) is 17.1 Å². The predicted molar refractivity (Wildman–Crippen MR) is 89.8 cm³/mol. The third-order valence-corrected chi connectivity index (χ3v) is 4.85. The van der Waals surface area contributed by atoms with Crippen molar-refractivity contribution in [2.24, 2.45) is 5.73 Å². The van der Waals surface area contributed by atoms with Gasteiger partial charge < -0.3 is 15.8 Å². The Balaban J connectivity index is 1.99. The summed E-state index contributed by atoms with van der Waals surface area (Å²) < 4.78 is 5.10. The van der Waals surface area contributed by atoms with Crippen molar-refractivity contribution in [2.75, 3.05) is 12.4 Å². The van der Waals surface area contributed by atoms with Crippen LogP contribution in [0.1, 0.15) is 17.3 Å². The van der Waals surface area contributed by atoms with E-state index < -0.39 is 5.91 Å². The highest BCUT2D eigenvalue weighted by atomic mass is 32.2. The fourth-order valence-corrected chi connectivity index (χ4v) is 3.39. The Morgan fingerprint density at radius 1 is 1.27 bits per heavy atom. The molecule has 5 nitrogen and oxygen atoms in total. The molecule has 1 aromatic heterocycles. The van der Waals surface area contributed by atoms with E-state index in [-0.39, 0.29) is 11.2 Å². The van der Waals surface area contributed by atoms with Crippen LogP contribution in [0.4, 0.5) is 5.00 Å². The molecule has 22 heavy (non-hydrogen) atoms. The lowest BCUT2D eigenvalue weighted by Crippen LogP contribution is -2.23. The van der Waals surface area contributed by atoms with Crippen molar-refractivity contribution in [1.29, 1.82) is 0 Å². The molecular formula is C15H16N2O3S2. The minimum absolute atomic E-state index is 0.175. The molecule has 2 rings (SSSR count). The molecule has 0 aliphatic carbocycles. The number of hydrogen-bond donors (Lipinski definition) is 2. The van der Waals surface area contributed by atoms with Gasteiger partial charge in [-0.1, -0.05) is 0 Å². The first-order valence-electron chi connectivity index (χ1n) is 6.50. The average molecular weight is 336 g/mol. The summed E-state index contributed by atoms with van der Waals surface area (Å²) in [5, 5.41) is 4.64. The molecule has 1 atom stereocenters. The molecule has 0 aliphatic rings. The van der Waals surface area contributed by atoms with Crippen LogP contribution in [0.25, 0.3) is 0 Å². The second-order valence-corrected chi connectivity index (χ2v) is 6.78. The molecule has 0 fully saturated rings. The van der Waals surface area contributed by atoms with E-state index in [0.29, 0.717) is 10.6 Å². The number of methoxy groups -OCH3 is 1. The van der Waals surface area contributed by atoms with E-state index in [1.807, 2.05) is 31.2 Å². The lowest BCUT2D eigenvalue weighted by atomic mass is 10.3. The molecule has 116 valence electrons. The van der Waals surface area contributed by atoms with Crippen LogP contribution in [-0.4, -0.2) is 24.2 Å². The highest BCUT2D eigenvalue weighted by Crippen LogP contribution is 2.28. The van der Waals surface area contributed by atoms with Gasteiger partial charge in [-0.05, 0) is 42.6 Å². The number of amides is 2. The van der Waals surface area contributed by atoms with E-state index in [2.05, 4.69) is 5.32 Å². The number of thioether (sulfide) groups is 1. The molecule has 2 aromatic rings. The maximum Gasteiger partial charge on any atom is 0.251 e. The van der Waals surface area contributed by atoms with Gasteiger partial charge in [-0.2, -0.15) is 0 Å². The highest BCUT2D eigenvalue weighted by Gasteiger charge is 2.18. The van der Waals surface area contributed by atoms with Crippen LogP contribution in [-0.2, 0) is 4.79 Å². The summed E-state index contributed by atoms with van der Waals surface area (Å²) in [5.41, 5.74) is 5.59. The van der Waals surface area contributed by atoms with Crippen LogP contribution < -0.4 is 15.8 Å². The number of carbonyl (C=O) groups is 2. The van der Waals surface area contributed by atoms with Crippen molar-refractivity contribution in [3.05, 3.63) is 41.3 Å². The summed E-state index contributed by atoms with van der Waals surface area (Å²) in [6.07, 6.45) is 0. The standard InChI is InChI=1S/C15H16N2O3S2/c1-9(22-11-5-3-10(20-2)4-6-11)14(19)17-15-12(13(16)18)7-8-21-15/h3-9H,1-2H3,(H2,16,18)(H,17,19)/t9-/m1/s1. The predicted octanol–water partition coefficient (Wildman–Crippen LogP) is 2.97. The zero-order chi connectivity index (χ0) is 16.1. The largest absolute Gasteiger partial charge is 0.497 e. The number of nitrogens with one attached hydrogen (secondary N) is 1. The summed E-state index contributed by atoms with van der Waals surface area (Å²) in [4.78, 5) is 24.4. The molecule has 2 amide bonds. The number of benzene rings is 1. The zero-order valence-corrected chi connectivity index (χ0v) is 13.8. The number of rotatable bonds is 6. The summed E-state index contributed by atoms with van der Waals surface area (Å²) >= 11 is 2.70. The lowest BCUT2D eigenvalue weighted by molar-refractivity contribution is -0.115. The molecule has 0 saturated carbocycles. The number of carbonyl (C=O) groups excluding carboxylic acids is 2. The van der Waals surface area contributed by atoms with Gasteiger partial charge in [0.05, 0.1) is 17.9 Å². The van der Waals surface area contributed by atoms with Crippen LogP contribution in [0.2, 0.25) is 0 Å². The molecule has 0 spiro atoms. The summed E-state index contributed by atoms with van der Waals surface area (Å²) in [7, 11) is 1.61. The Morgan fingerprint density at radius 3 is 2.55 bits per heavy atom. The Bertz CT molecular complexity index is 668. The van der Waals surface area contributed by atoms with E-state index >= 15 is 0 Å². The summed E-state index contributed by atoms with van der Waals surface area (Å²) in [5.74, 6) is 0.0453. The van der Waals surface area contributed by atoms with E-state index in [4.69, 9.17) is 10.5 Å². The lowest BCUT2D eigenvalue weighted by Gasteiger charge is -2.12. The normalized spacial score (nSPS) is 11.7. The van der Waals surface area contributed by atoms with E-state index in [1.54, 1.807) is 18.6 Å². The smallest absolute Gasteiger partial charge is 0.251 e. The second kappa shape index (κ2) is 7.33. The van der Waals surface area contributed by atoms with Crippen molar-refractivity contribution < 1.29 is 14.3 Å². The third-order valence-electron chi connectivity index (χ3n) is 2.91. The molecule has 0 aliphatic heterocycles. The summed E-state index contributed by atoms with van der Waals surface area (Å²) in [6.45, 7) is 1.81. The molecule has 3 N–H and O–H groups in total. The van der Waals surface area contributed by atoms with Gasteiger partial charge in [-0.15, -0.1) is 23.1 Å². The number of nitrogens with two attached hydrogens (primary N) is 1. The molecule has 1 aromatic carbocycles. The van der Waals surface area contributed by atoms with Crippen molar-refractivity contribution in [3.63, 3.8) is 0 Å². The van der Waals surface area contributed by atoms with Gasteiger partial charge in [0.1, 0.15) is 10.8 Å². The Kier molecular flexibility index (Phi) is 5.46. The quantitative estimate of drug-likeness (QED) is 0.795. The Morgan fingerprint density at radius 2 is 1.95 bits per heavy atom. The highest BCUT2D eigenvalue weighted by molar-refractivity contribution is 8.00. The Labute approximate surface area is 136 Å². The van der Waals surface area contributed by atoms with Crippen LogP contribution in [0.15, 0.2) is 40.6 Å². The minimum atomic E-state index is -0.549. The number of anilines is 1. The first kappa shape index (κ1) is 16.4. The van der Waals surface area contributed by atoms with Crippen LogP contribution in [0.3, 0.4) is 0 Å². The maximum absolute atomic E-state index is 12.2. The fourth-order valence-electron chi connectivity index (χ4n) is 1.73. The van der Waals surface area contributed by atoms with Gasteiger partial charge >= 0.3 is 0 Å². The van der Waals surface area contributed by atoms with Gasteiger partial charge in [-0.25, -0.2) is 0 Å². The SMILES string of the molecule is COc1ccc(S[C@H](C)C(=O)Nc2sccc2C(N)=O)cc1. The first-order chi connectivity index (χ1) is 10.5. The van der Waals surface area contributed by atoms with Crippen LogP contribution >= 0.6 is 23.1 Å². The molecule has 0 bridgehead atoms. The van der Waals surface area contributed by atoms with Crippen LogP contribution in [0.5, 0.6) is 5.75 Å². The van der Waals surface area contributed by atoms with Gasteiger partial charge in [0.15, 0.2) is 0 Å². The minimum Gasteiger partial charge on any atom is -0.497 e. The van der Waals surface area contributed by atoms with Crippen molar-refractivity contribution in [3.8, 4) is 5.75 Å². The average Bonchev–Trinajstić information content (AvgIpc) is 2.96. The molecule has 1 heterocycles. The fraction of sp³-hybridized carbons (Fsp3) is 0.200. The van der Waals surface area contributed by atoms with Gasteiger partial charge in [-0.3, -0.25) is 9.59 Å². The first-order valence-corrected chi connectivity index (χ1v) is 8.26. The van der Waals surface area contributed by atoms with Gasteiger partial charge in [0.2, 0.25) is 5.91 Å². The van der Waals surface area contributed by atoms with Crippen LogP contribution in [0, 0.1) is 0 Å². The van der Waals surface area contributed by atoms with Gasteiger partial charge in [0.25, 0.3) is 5.91 Å². The zero-order valence-electron chi connectivity index (χ0n) is 12.2. The third kappa shape index (κ3) is 4.02. The number of hydrogen-bond acceptors (Lipinski definition) is 5.